The number of hydrogen-bond donors (Lipinski definition) is 0. The molecule has 0 N–H and O–H groups in total. The van der Waals surface area contributed by atoms with Crippen LogP contribution in [0, 0.1) is 17.5 Å². The predicted octanol–water partition coefficient (Wildman–Crippen LogP) is 4.29. The van der Waals surface area contributed by atoms with Gasteiger partial charge in [0, 0.05) is 12.1 Å². The van der Waals surface area contributed by atoms with E-state index in [2.05, 4.69) is 0 Å². The zero-order chi connectivity index (χ0) is 25.8. The largest absolute Gasteiger partial charge is 0.488 e. The maximum atomic E-state index is 14.4. The highest BCUT2D eigenvalue weighted by molar-refractivity contribution is 5.91. The number of rotatable bonds is 12. The fraction of sp³-hybridized carbons (Fsp3) is 0.269. The van der Waals surface area contributed by atoms with E-state index in [1.165, 1.54) is 36.4 Å². The first-order chi connectivity index (χ1) is 17.9. The summed E-state index contributed by atoms with van der Waals surface area (Å²) < 4.78 is 78.9. The summed E-state index contributed by atoms with van der Waals surface area (Å²) in [5, 5.41) is 0. The standard InChI is InChI=1S/C26H21F3O8/c27-20-7-15(1-4-23(20)33-12-18-10-31-18)26(30)37-17-3-6-25(22(29)9-17)36-14-35-16-2-5-24(21(28)8-16)34-13-19-11-32-19/h1-9,18-19H,10-14H2. The van der Waals surface area contributed by atoms with E-state index in [9.17, 15) is 18.0 Å². The molecule has 2 aliphatic rings. The Morgan fingerprint density at radius 1 is 0.703 bits per heavy atom. The van der Waals surface area contributed by atoms with Crippen molar-refractivity contribution in [3.05, 3.63) is 77.6 Å². The molecule has 194 valence electrons. The number of ether oxygens (including phenoxy) is 7. The summed E-state index contributed by atoms with van der Waals surface area (Å²) in [5.74, 6) is -3.16. The van der Waals surface area contributed by atoms with Gasteiger partial charge < -0.3 is 33.2 Å². The molecule has 11 heteroatoms. The molecule has 5 rings (SSSR count). The van der Waals surface area contributed by atoms with Crippen molar-refractivity contribution in [1.29, 1.82) is 0 Å². The zero-order valence-corrected chi connectivity index (χ0v) is 19.3. The number of carbonyl (C=O) groups excluding carboxylic acids is 1. The van der Waals surface area contributed by atoms with Crippen LogP contribution < -0.4 is 23.7 Å². The number of esters is 1. The highest BCUT2D eigenvalue weighted by Crippen LogP contribution is 2.27. The molecule has 2 saturated heterocycles. The molecule has 3 aromatic carbocycles. The van der Waals surface area contributed by atoms with E-state index < -0.39 is 30.2 Å². The molecule has 3 aromatic rings. The lowest BCUT2D eigenvalue weighted by molar-refractivity contribution is 0.0732. The quantitative estimate of drug-likeness (QED) is 0.152. The van der Waals surface area contributed by atoms with Crippen LogP contribution >= 0.6 is 0 Å². The van der Waals surface area contributed by atoms with Crippen molar-refractivity contribution in [2.75, 3.05) is 33.2 Å². The molecule has 37 heavy (non-hydrogen) atoms. The minimum Gasteiger partial charge on any atom is -0.488 e. The molecule has 2 aliphatic heterocycles. The van der Waals surface area contributed by atoms with Crippen LogP contribution in [0.2, 0.25) is 0 Å². The van der Waals surface area contributed by atoms with Gasteiger partial charge >= 0.3 is 5.97 Å². The average molecular weight is 518 g/mol. The van der Waals surface area contributed by atoms with Gasteiger partial charge in [-0.15, -0.1) is 0 Å². The first-order valence-corrected chi connectivity index (χ1v) is 11.3. The van der Waals surface area contributed by atoms with Gasteiger partial charge in [-0.25, -0.2) is 18.0 Å². The average Bonchev–Trinajstić information content (AvgIpc) is 3.79. The van der Waals surface area contributed by atoms with Gasteiger partial charge in [0.25, 0.3) is 0 Å². The smallest absolute Gasteiger partial charge is 0.343 e. The summed E-state index contributed by atoms with van der Waals surface area (Å²) in [7, 11) is 0. The molecule has 0 bridgehead atoms. The number of halogens is 3. The van der Waals surface area contributed by atoms with Crippen LogP contribution in [0.3, 0.4) is 0 Å². The van der Waals surface area contributed by atoms with E-state index in [1.54, 1.807) is 0 Å². The fourth-order valence-corrected chi connectivity index (χ4v) is 3.12. The second kappa shape index (κ2) is 11.0. The number of epoxide rings is 2. The summed E-state index contributed by atoms with van der Waals surface area (Å²) in [6.45, 7) is 1.24. The van der Waals surface area contributed by atoms with Crippen LogP contribution in [0.15, 0.2) is 54.6 Å². The Morgan fingerprint density at radius 2 is 1.22 bits per heavy atom. The van der Waals surface area contributed by atoms with Crippen LogP contribution in [0.5, 0.6) is 28.7 Å². The molecule has 2 heterocycles. The molecule has 0 aliphatic carbocycles. The van der Waals surface area contributed by atoms with Crippen molar-refractivity contribution >= 4 is 5.97 Å². The van der Waals surface area contributed by atoms with E-state index in [1.807, 2.05) is 0 Å². The maximum Gasteiger partial charge on any atom is 0.343 e. The molecule has 0 amide bonds. The van der Waals surface area contributed by atoms with Gasteiger partial charge in [-0.2, -0.15) is 0 Å². The lowest BCUT2D eigenvalue weighted by Crippen LogP contribution is -2.11. The van der Waals surface area contributed by atoms with Crippen molar-refractivity contribution in [2.45, 2.75) is 12.2 Å². The second-order valence-electron chi connectivity index (χ2n) is 8.16. The Kier molecular flexibility index (Phi) is 7.33. The Morgan fingerprint density at radius 3 is 1.78 bits per heavy atom. The number of hydrogen-bond acceptors (Lipinski definition) is 8. The van der Waals surface area contributed by atoms with Crippen molar-refractivity contribution in [3.63, 3.8) is 0 Å². The highest BCUT2D eigenvalue weighted by Gasteiger charge is 2.24. The van der Waals surface area contributed by atoms with Gasteiger partial charge in [0.1, 0.15) is 36.9 Å². The van der Waals surface area contributed by atoms with Crippen molar-refractivity contribution < 1.29 is 51.1 Å². The second-order valence-corrected chi connectivity index (χ2v) is 8.16. The van der Waals surface area contributed by atoms with E-state index in [-0.39, 0.29) is 59.7 Å². The Labute approximate surface area is 209 Å². The third-order valence-corrected chi connectivity index (χ3v) is 5.28. The minimum absolute atomic E-state index is 0.00397. The van der Waals surface area contributed by atoms with Crippen LogP contribution in [0.1, 0.15) is 10.4 Å². The lowest BCUT2D eigenvalue weighted by Gasteiger charge is -2.12. The summed E-state index contributed by atoms with van der Waals surface area (Å²) >= 11 is 0. The molecule has 2 atom stereocenters. The monoisotopic (exact) mass is 518 g/mol. The maximum absolute atomic E-state index is 14.4. The highest BCUT2D eigenvalue weighted by atomic mass is 19.1. The molecule has 0 spiro atoms. The fourth-order valence-electron chi connectivity index (χ4n) is 3.12. The molecule has 8 nitrogen and oxygen atoms in total. The normalized spacial score (nSPS) is 17.6. The Balaban J connectivity index is 1.11. The molecule has 0 saturated carbocycles. The molecule has 2 unspecified atom stereocenters. The van der Waals surface area contributed by atoms with E-state index in [0.717, 1.165) is 18.2 Å². The topological polar surface area (TPSA) is 88.3 Å². The van der Waals surface area contributed by atoms with Crippen molar-refractivity contribution in [1.82, 2.24) is 0 Å². The minimum atomic E-state index is -0.883. The van der Waals surface area contributed by atoms with Crippen LogP contribution in [-0.2, 0) is 9.47 Å². The van der Waals surface area contributed by atoms with Gasteiger partial charge in [0.2, 0.25) is 6.79 Å². The van der Waals surface area contributed by atoms with Crippen molar-refractivity contribution in [3.8, 4) is 28.7 Å². The summed E-state index contributed by atoms with van der Waals surface area (Å²) in [4.78, 5) is 12.3. The third kappa shape index (κ3) is 6.83. The molecule has 0 radical (unpaired) electrons. The van der Waals surface area contributed by atoms with E-state index >= 15 is 0 Å². The SMILES string of the molecule is O=C(Oc1ccc(OCOc2ccc(OCC3CO3)c(F)c2)c(F)c1)c1ccc(OCC2CO2)c(F)c1. The van der Waals surface area contributed by atoms with Gasteiger partial charge in [-0.3, -0.25) is 0 Å². The van der Waals surface area contributed by atoms with Gasteiger partial charge in [0.15, 0.2) is 34.7 Å². The lowest BCUT2D eigenvalue weighted by atomic mass is 10.2. The van der Waals surface area contributed by atoms with Crippen LogP contribution in [0.25, 0.3) is 0 Å². The summed E-state index contributed by atoms with van der Waals surface area (Å²) in [6.07, 6.45) is -0.0460. The Hall–Kier alpha value is -3.96. The van der Waals surface area contributed by atoms with E-state index in [4.69, 9.17) is 33.2 Å². The van der Waals surface area contributed by atoms with E-state index in [0.29, 0.717) is 13.2 Å². The van der Waals surface area contributed by atoms with Gasteiger partial charge in [0.05, 0.1) is 18.8 Å². The number of benzene rings is 3. The van der Waals surface area contributed by atoms with Gasteiger partial charge in [-0.05, 0) is 42.5 Å². The van der Waals surface area contributed by atoms with Crippen LogP contribution in [-0.4, -0.2) is 51.4 Å². The van der Waals surface area contributed by atoms with Crippen LogP contribution in [0.4, 0.5) is 13.2 Å². The molecule has 0 aromatic heterocycles. The molecular formula is C26H21F3O8. The van der Waals surface area contributed by atoms with Gasteiger partial charge in [-0.1, -0.05) is 0 Å². The summed E-state index contributed by atoms with van der Waals surface area (Å²) in [6, 6.07) is 11.1. The first kappa shape index (κ1) is 24.7. The van der Waals surface area contributed by atoms with Crippen molar-refractivity contribution in [2.24, 2.45) is 0 Å². The molecule has 2 fully saturated rings. The predicted molar refractivity (Wildman–Crippen MR) is 121 cm³/mol. The summed E-state index contributed by atoms with van der Waals surface area (Å²) in [5.41, 5.74) is -0.0776. The number of carbonyl (C=O) groups is 1. The first-order valence-electron chi connectivity index (χ1n) is 11.3. The zero-order valence-electron chi connectivity index (χ0n) is 19.3. The molecular weight excluding hydrogens is 497 g/mol. The third-order valence-electron chi connectivity index (χ3n) is 5.28. The Bertz CT molecular complexity index is 1280.